The zero-order valence-corrected chi connectivity index (χ0v) is 12.3. The van der Waals surface area contributed by atoms with Gasteiger partial charge in [-0.1, -0.05) is 12.8 Å². The Kier molecular flexibility index (Phi) is 3.83. The second-order valence-corrected chi connectivity index (χ2v) is 7.58. The fourth-order valence-electron chi connectivity index (χ4n) is 3.63. The number of H-pyrrole nitrogens is 1. The van der Waals surface area contributed by atoms with Crippen LogP contribution < -0.4 is 0 Å². The molecule has 1 aromatic heterocycles. The average molecular weight is 299 g/mol. The molecule has 0 spiro atoms. The lowest BCUT2D eigenvalue weighted by Crippen LogP contribution is -2.49. The van der Waals surface area contributed by atoms with Crippen LogP contribution in [0.1, 0.15) is 44.1 Å². The van der Waals surface area contributed by atoms with Crippen molar-refractivity contribution in [3.63, 3.8) is 0 Å². The Morgan fingerprint density at radius 1 is 1.30 bits per heavy atom. The maximum absolute atomic E-state index is 12.8. The molecule has 0 bridgehead atoms. The van der Waals surface area contributed by atoms with Crippen LogP contribution in [0.2, 0.25) is 0 Å². The van der Waals surface area contributed by atoms with Crippen molar-refractivity contribution in [1.29, 1.82) is 0 Å². The molecule has 2 fully saturated rings. The quantitative estimate of drug-likeness (QED) is 0.879. The van der Waals surface area contributed by atoms with Gasteiger partial charge in [-0.2, -0.15) is 9.40 Å². The predicted molar refractivity (Wildman–Crippen MR) is 73.4 cm³/mol. The summed E-state index contributed by atoms with van der Waals surface area (Å²) in [7, 11) is -3.58. The van der Waals surface area contributed by atoms with Crippen LogP contribution >= 0.6 is 0 Å². The summed E-state index contributed by atoms with van der Waals surface area (Å²) in [4.78, 5) is 0. The van der Waals surface area contributed by atoms with Crippen LogP contribution in [0, 0.1) is 5.92 Å². The Labute approximate surface area is 119 Å². The van der Waals surface area contributed by atoms with Gasteiger partial charge in [-0.3, -0.25) is 5.10 Å². The second kappa shape index (κ2) is 5.46. The van der Waals surface area contributed by atoms with Crippen molar-refractivity contribution in [2.24, 2.45) is 5.92 Å². The number of hydrogen-bond acceptors (Lipinski definition) is 4. The number of hydrogen-bond donors (Lipinski definition) is 2. The van der Waals surface area contributed by atoms with E-state index in [2.05, 4.69) is 10.2 Å². The van der Waals surface area contributed by atoms with Gasteiger partial charge in [0.2, 0.25) is 0 Å². The predicted octanol–water partition coefficient (Wildman–Crippen LogP) is 1.25. The zero-order valence-electron chi connectivity index (χ0n) is 11.5. The van der Waals surface area contributed by atoms with Crippen molar-refractivity contribution in [2.75, 3.05) is 6.54 Å². The summed E-state index contributed by atoms with van der Waals surface area (Å²) >= 11 is 0. The van der Waals surface area contributed by atoms with E-state index in [4.69, 9.17) is 0 Å². The first-order valence-electron chi connectivity index (χ1n) is 7.29. The van der Waals surface area contributed by atoms with Gasteiger partial charge in [0.15, 0.2) is 5.03 Å². The highest BCUT2D eigenvalue weighted by molar-refractivity contribution is 7.89. The first-order valence-corrected chi connectivity index (χ1v) is 8.73. The second-order valence-electron chi connectivity index (χ2n) is 5.75. The van der Waals surface area contributed by atoms with E-state index in [-0.39, 0.29) is 17.7 Å². The van der Waals surface area contributed by atoms with Gasteiger partial charge in [0, 0.05) is 18.2 Å². The topological polar surface area (TPSA) is 86.3 Å². The largest absolute Gasteiger partial charge is 0.392 e. The molecule has 2 heterocycles. The summed E-state index contributed by atoms with van der Waals surface area (Å²) in [5, 5.41) is 15.6. The van der Waals surface area contributed by atoms with Gasteiger partial charge in [-0.05, 0) is 31.6 Å². The van der Waals surface area contributed by atoms with Crippen molar-refractivity contribution in [3.8, 4) is 0 Å². The van der Waals surface area contributed by atoms with E-state index >= 15 is 0 Å². The molecule has 112 valence electrons. The van der Waals surface area contributed by atoms with Crippen molar-refractivity contribution in [3.05, 3.63) is 11.8 Å². The molecule has 20 heavy (non-hydrogen) atoms. The van der Waals surface area contributed by atoms with Crippen molar-refractivity contribution >= 4 is 10.0 Å². The van der Waals surface area contributed by atoms with Gasteiger partial charge in [-0.15, -0.1) is 0 Å². The number of nitrogens with zero attached hydrogens (tertiary/aromatic N) is 2. The van der Waals surface area contributed by atoms with Gasteiger partial charge < -0.3 is 5.11 Å². The number of piperidine rings is 1. The number of rotatable bonds is 3. The molecule has 1 aliphatic carbocycles. The molecule has 2 unspecified atom stereocenters. The Hall–Kier alpha value is -0.920. The zero-order chi connectivity index (χ0) is 14.2. The van der Waals surface area contributed by atoms with Gasteiger partial charge in [0.1, 0.15) is 0 Å². The number of nitrogens with one attached hydrogen (secondary N) is 1. The highest BCUT2D eigenvalue weighted by Crippen LogP contribution is 2.38. The first-order chi connectivity index (χ1) is 9.64. The highest BCUT2D eigenvalue weighted by Gasteiger charge is 2.41. The number of aliphatic hydroxyl groups excluding tert-OH is 1. The summed E-state index contributed by atoms with van der Waals surface area (Å²) in [6.45, 7) is 0.264. The van der Waals surface area contributed by atoms with Crippen molar-refractivity contribution in [2.45, 2.75) is 56.2 Å². The molecule has 2 N–H and O–H groups in total. The lowest BCUT2D eigenvalue weighted by atomic mass is 9.79. The number of fused-ring (bicyclic) bond motifs is 1. The van der Waals surface area contributed by atoms with Crippen LogP contribution in [0.4, 0.5) is 0 Å². The summed E-state index contributed by atoms with van der Waals surface area (Å²) in [6.07, 6.45) is 7.83. The molecule has 6 nitrogen and oxygen atoms in total. The minimum absolute atomic E-state index is 0.0613. The summed E-state index contributed by atoms with van der Waals surface area (Å²) in [6, 6.07) is 0.123. The van der Waals surface area contributed by atoms with Crippen LogP contribution in [-0.2, 0) is 16.6 Å². The molecule has 7 heteroatoms. The number of aromatic nitrogens is 2. The molecular weight excluding hydrogens is 278 g/mol. The molecule has 0 aromatic carbocycles. The van der Waals surface area contributed by atoms with E-state index in [0.717, 1.165) is 32.1 Å². The Morgan fingerprint density at radius 2 is 2.05 bits per heavy atom. The highest BCUT2D eigenvalue weighted by atomic mass is 32.2. The van der Waals surface area contributed by atoms with Crippen molar-refractivity contribution in [1.82, 2.24) is 14.5 Å². The maximum Gasteiger partial charge on any atom is 0.260 e. The lowest BCUT2D eigenvalue weighted by Gasteiger charge is -2.42. The molecule has 1 saturated heterocycles. The van der Waals surface area contributed by atoms with Gasteiger partial charge in [0.05, 0.1) is 12.8 Å². The third kappa shape index (κ3) is 2.27. The van der Waals surface area contributed by atoms with Gasteiger partial charge in [0.25, 0.3) is 10.0 Å². The fraction of sp³-hybridized carbons (Fsp3) is 0.769. The molecule has 0 radical (unpaired) electrons. The number of sulfonamides is 1. The van der Waals surface area contributed by atoms with Crippen LogP contribution in [0.25, 0.3) is 0 Å². The molecule has 3 rings (SSSR count). The van der Waals surface area contributed by atoms with E-state index in [9.17, 15) is 13.5 Å². The average Bonchev–Trinajstić information content (AvgIpc) is 2.96. The molecule has 1 saturated carbocycles. The Morgan fingerprint density at radius 3 is 2.85 bits per heavy atom. The maximum atomic E-state index is 12.8. The fourth-order valence-corrected chi connectivity index (χ4v) is 5.48. The smallest absolute Gasteiger partial charge is 0.260 e. The minimum Gasteiger partial charge on any atom is -0.392 e. The number of aromatic amines is 1. The molecule has 0 amide bonds. The van der Waals surface area contributed by atoms with Crippen LogP contribution in [-0.4, -0.2) is 40.6 Å². The molecular formula is C13H21N3O3S. The standard InChI is InChI=1S/C13H21N3O3S/c17-9-11-8-14-15-13(11)20(18,19)16-7-3-5-10-4-1-2-6-12(10)16/h8,10,12,17H,1-7,9H2,(H,14,15). The van der Waals surface area contributed by atoms with Gasteiger partial charge >= 0.3 is 0 Å². The van der Waals surface area contributed by atoms with E-state index in [1.807, 2.05) is 0 Å². The molecule has 1 aliphatic heterocycles. The van der Waals surface area contributed by atoms with Gasteiger partial charge in [-0.25, -0.2) is 8.42 Å². The normalized spacial score (nSPS) is 28.2. The minimum atomic E-state index is -3.58. The summed E-state index contributed by atoms with van der Waals surface area (Å²) in [5.74, 6) is 0.493. The van der Waals surface area contributed by atoms with E-state index < -0.39 is 10.0 Å². The molecule has 2 atom stereocenters. The Bertz CT molecular complexity index is 567. The SMILES string of the molecule is O=S(=O)(c1[nH]ncc1CO)N1CCCC2CCCCC21. The third-order valence-corrected chi connectivity index (χ3v) is 6.55. The van der Waals surface area contributed by atoms with Crippen molar-refractivity contribution < 1.29 is 13.5 Å². The van der Waals surface area contributed by atoms with E-state index in [1.165, 1.54) is 12.6 Å². The monoisotopic (exact) mass is 299 g/mol. The van der Waals surface area contributed by atoms with E-state index in [1.54, 1.807) is 4.31 Å². The van der Waals surface area contributed by atoms with Crippen LogP contribution in [0.3, 0.4) is 0 Å². The first kappa shape index (κ1) is 14.0. The summed E-state index contributed by atoms with van der Waals surface area (Å²) < 4.78 is 27.3. The van der Waals surface area contributed by atoms with Crippen LogP contribution in [0.15, 0.2) is 11.2 Å². The Balaban J connectivity index is 1.93. The molecule has 2 aliphatic rings. The van der Waals surface area contributed by atoms with Crippen LogP contribution in [0.5, 0.6) is 0 Å². The number of aliphatic hydroxyl groups is 1. The van der Waals surface area contributed by atoms with E-state index in [0.29, 0.717) is 18.0 Å². The third-order valence-electron chi connectivity index (χ3n) is 4.61. The summed E-state index contributed by atoms with van der Waals surface area (Å²) in [5.41, 5.74) is 0.350. The molecule has 1 aromatic rings. The lowest BCUT2D eigenvalue weighted by molar-refractivity contribution is 0.128.